The lowest BCUT2D eigenvalue weighted by Crippen LogP contribution is -2.33. The number of hydrogen-bond donors (Lipinski definition) is 1. The van der Waals surface area contributed by atoms with E-state index in [-0.39, 0.29) is 11.9 Å². The molecule has 2 rings (SSSR count). The molecule has 0 radical (unpaired) electrons. The summed E-state index contributed by atoms with van der Waals surface area (Å²) in [7, 11) is 0. The quantitative estimate of drug-likeness (QED) is 0.789. The highest BCUT2D eigenvalue weighted by Crippen LogP contribution is 2.29. The molecule has 1 N–H and O–H groups in total. The molecule has 0 spiro atoms. The van der Waals surface area contributed by atoms with Gasteiger partial charge in [0.15, 0.2) is 0 Å². The van der Waals surface area contributed by atoms with Gasteiger partial charge in [0.05, 0.1) is 12.1 Å². The SMILES string of the molecule is CC(Cn1cncn1)NCCOc1ccc(C(F)(F)F)cn1. The number of pyridine rings is 1. The van der Waals surface area contributed by atoms with Crippen molar-refractivity contribution in [3.05, 3.63) is 36.5 Å². The molecule has 0 bridgehead atoms. The van der Waals surface area contributed by atoms with Gasteiger partial charge in [-0.3, -0.25) is 4.68 Å². The second kappa shape index (κ2) is 7.21. The van der Waals surface area contributed by atoms with Gasteiger partial charge in [0.2, 0.25) is 5.88 Å². The largest absolute Gasteiger partial charge is 0.476 e. The molecule has 0 aliphatic heterocycles. The van der Waals surface area contributed by atoms with Crippen LogP contribution in [0, 0.1) is 0 Å². The molecule has 0 saturated carbocycles. The standard InChI is InChI=1S/C13H16F3N5O/c1-10(7-21-9-17-8-20-21)18-4-5-22-12-3-2-11(6-19-12)13(14,15)16/h2-3,6,8-10,18H,4-5,7H2,1H3. The van der Waals surface area contributed by atoms with Crippen molar-refractivity contribution in [2.24, 2.45) is 0 Å². The van der Waals surface area contributed by atoms with Crippen LogP contribution in [0.15, 0.2) is 31.0 Å². The fourth-order valence-corrected chi connectivity index (χ4v) is 1.77. The van der Waals surface area contributed by atoms with Crippen LogP contribution in [0.4, 0.5) is 13.2 Å². The van der Waals surface area contributed by atoms with Crippen molar-refractivity contribution in [1.82, 2.24) is 25.1 Å². The molecule has 6 nitrogen and oxygen atoms in total. The smallest absolute Gasteiger partial charge is 0.417 e. The van der Waals surface area contributed by atoms with Gasteiger partial charge in [0.1, 0.15) is 19.3 Å². The first-order chi connectivity index (χ1) is 10.4. The van der Waals surface area contributed by atoms with E-state index in [4.69, 9.17) is 4.74 Å². The molecule has 2 aromatic rings. The molecule has 120 valence electrons. The van der Waals surface area contributed by atoms with Crippen molar-refractivity contribution >= 4 is 0 Å². The van der Waals surface area contributed by atoms with E-state index in [1.54, 1.807) is 11.0 Å². The van der Waals surface area contributed by atoms with Gasteiger partial charge in [-0.2, -0.15) is 18.3 Å². The lowest BCUT2D eigenvalue weighted by molar-refractivity contribution is -0.137. The first-order valence-electron chi connectivity index (χ1n) is 6.67. The number of rotatable bonds is 7. The summed E-state index contributed by atoms with van der Waals surface area (Å²) in [5.41, 5.74) is -0.792. The number of nitrogens with zero attached hydrogens (tertiary/aromatic N) is 4. The van der Waals surface area contributed by atoms with Crippen LogP contribution in [-0.2, 0) is 12.7 Å². The van der Waals surface area contributed by atoms with Gasteiger partial charge in [0.25, 0.3) is 0 Å². The van der Waals surface area contributed by atoms with Gasteiger partial charge >= 0.3 is 6.18 Å². The molecule has 0 aromatic carbocycles. The summed E-state index contributed by atoms with van der Waals surface area (Å²) < 4.78 is 44.1. The van der Waals surface area contributed by atoms with Gasteiger partial charge in [-0.05, 0) is 13.0 Å². The second-order valence-electron chi connectivity index (χ2n) is 4.70. The minimum absolute atomic E-state index is 0.158. The summed E-state index contributed by atoms with van der Waals surface area (Å²) in [5, 5.41) is 7.20. The van der Waals surface area contributed by atoms with E-state index in [9.17, 15) is 13.2 Å². The van der Waals surface area contributed by atoms with Crippen LogP contribution in [-0.4, -0.2) is 38.9 Å². The minimum atomic E-state index is -4.39. The van der Waals surface area contributed by atoms with Gasteiger partial charge in [-0.1, -0.05) is 0 Å². The van der Waals surface area contributed by atoms with Crippen molar-refractivity contribution in [2.75, 3.05) is 13.2 Å². The monoisotopic (exact) mass is 315 g/mol. The van der Waals surface area contributed by atoms with Crippen molar-refractivity contribution in [3.63, 3.8) is 0 Å². The average Bonchev–Trinajstić information content (AvgIpc) is 2.96. The van der Waals surface area contributed by atoms with Crippen molar-refractivity contribution in [1.29, 1.82) is 0 Å². The third-order valence-electron chi connectivity index (χ3n) is 2.84. The van der Waals surface area contributed by atoms with Crippen LogP contribution in [0.5, 0.6) is 5.88 Å². The van der Waals surface area contributed by atoms with E-state index in [1.165, 1.54) is 12.4 Å². The summed E-state index contributed by atoms with van der Waals surface area (Å²) >= 11 is 0. The van der Waals surface area contributed by atoms with Crippen molar-refractivity contribution in [2.45, 2.75) is 25.7 Å². The van der Waals surface area contributed by atoms with E-state index in [2.05, 4.69) is 20.4 Å². The number of nitrogens with one attached hydrogen (secondary N) is 1. The molecule has 0 saturated heterocycles. The molecule has 2 aromatic heterocycles. The normalized spacial score (nSPS) is 13.1. The first-order valence-corrected chi connectivity index (χ1v) is 6.67. The van der Waals surface area contributed by atoms with Gasteiger partial charge < -0.3 is 10.1 Å². The Hall–Kier alpha value is -2.16. The van der Waals surface area contributed by atoms with Crippen molar-refractivity contribution in [3.8, 4) is 5.88 Å². The Balaban J connectivity index is 1.68. The molecular weight excluding hydrogens is 299 g/mol. The third-order valence-corrected chi connectivity index (χ3v) is 2.84. The maximum atomic E-state index is 12.4. The molecule has 1 atom stereocenters. The average molecular weight is 315 g/mol. The highest BCUT2D eigenvalue weighted by atomic mass is 19.4. The Bertz CT molecular complexity index is 556. The van der Waals surface area contributed by atoms with Crippen LogP contribution >= 0.6 is 0 Å². The molecule has 0 aliphatic rings. The predicted molar refractivity (Wildman–Crippen MR) is 72.2 cm³/mol. The van der Waals surface area contributed by atoms with Crippen LogP contribution in [0.3, 0.4) is 0 Å². The van der Waals surface area contributed by atoms with Gasteiger partial charge in [0, 0.05) is 24.8 Å². The minimum Gasteiger partial charge on any atom is -0.476 e. The summed E-state index contributed by atoms with van der Waals surface area (Å²) in [6.07, 6.45) is -0.535. The number of aromatic nitrogens is 4. The van der Waals surface area contributed by atoms with Gasteiger partial charge in [-0.15, -0.1) is 0 Å². The topological polar surface area (TPSA) is 64.9 Å². The third kappa shape index (κ3) is 4.99. The Kier molecular flexibility index (Phi) is 5.31. The Morgan fingerprint density at radius 1 is 1.36 bits per heavy atom. The summed E-state index contributed by atoms with van der Waals surface area (Å²) in [4.78, 5) is 7.48. The zero-order valence-corrected chi connectivity index (χ0v) is 11.9. The molecule has 22 heavy (non-hydrogen) atoms. The maximum Gasteiger partial charge on any atom is 0.417 e. The zero-order valence-electron chi connectivity index (χ0n) is 11.9. The Morgan fingerprint density at radius 2 is 2.18 bits per heavy atom. The molecule has 0 aliphatic carbocycles. The number of ether oxygens (including phenoxy) is 1. The Morgan fingerprint density at radius 3 is 2.77 bits per heavy atom. The molecule has 0 fully saturated rings. The predicted octanol–water partition coefficient (Wildman–Crippen LogP) is 1.75. The first kappa shape index (κ1) is 16.2. The highest BCUT2D eigenvalue weighted by Gasteiger charge is 2.30. The van der Waals surface area contributed by atoms with Crippen LogP contribution < -0.4 is 10.1 Å². The fraction of sp³-hybridized carbons (Fsp3) is 0.462. The van der Waals surface area contributed by atoms with Crippen LogP contribution in [0.2, 0.25) is 0 Å². The van der Waals surface area contributed by atoms with E-state index in [0.29, 0.717) is 19.7 Å². The number of alkyl halides is 3. The van der Waals surface area contributed by atoms with Gasteiger partial charge in [-0.25, -0.2) is 9.97 Å². The number of hydrogen-bond acceptors (Lipinski definition) is 5. The van der Waals surface area contributed by atoms with E-state index < -0.39 is 11.7 Å². The van der Waals surface area contributed by atoms with E-state index >= 15 is 0 Å². The summed E-state index contributed by atoms with van der Waals surface area (Å²) in [5.74, 6) is 0.165. The molecule has 0 amide bonds. The second-order valence-corrected chi connectivity index (χ2v) is 4.70. The highest BCUT2D eigenvalue weighted by molar-refractivity contribution is 5.20. The van der Waals surface area contributed by atoms with Crippen molar-refractivity contribution < 1.29 is 17.9 Å². The summed E-state index contributed by atoms with van der Waals surface area (Å²) in [6.45, 7) is 3.50. The van der Waals surface area contributed by atoms with Crippen LogP contribution in [0.1, 0.15) is 12.5 Å². The zero-order chi connectivity index (χ0) is 16.0. The van der Waals surface area contributed by atoms with Crippen LogP contribution in [0.25, 0.3) is 0 Å². The Labute approximate surface area is 125 Å². The number of halogens is 3. The summed E-state index contributed by atoms with van der Waals surface area (Å²) in [6, 6.07) is 2.32. The van der Waals surface area contributed by atoms with E-state index in [1.807, 2.05) is 6.92 Å². The van der Waals surface area contributed by atoms with E-state index in [0.717, 1.165) is 12.3 Å². The molecular formula is C13H16F3N5O. The molecule has 9 heteroatoms. The maximum absolute atomic E-state index is 12.4. The molecule has 1 unspecified atom stereocenters. The fourth-order valence-electron chi connectivity index (χ4n) is 1.77. The lowest BCUT2D eigenvalue weighted by atomic mass is 10.3. The molecule has 2 heterocycles. The lowest BCUT2D eigenvalue weighted by Gasteiger charge is -2.14.